The average molecular weight is 258 g/mol. The van der Waals surface area contributed by atoms with Crippen LogP contribution in [0.4, 0.5) is 5.82 Å². The van der Waals surface area contributed by atoms with Crippen LogP contribution in [0.2, 0.25) is 5.15 Å². The molecule has 0 saturated heterocycles. The molecule has 0 aromatic carbocycles. The summed E-state index contributed by atoms with van der Waals surface area (Å²) in [7, 11) is 1.70. The second-order valence-corrected chi connectivity index (χ2v) is 4.80. The molecule has 0 radical (unpaired) electrons. The maximum atomic E-state index is 5.97. The molecular weight excluding hydrogens is 238 g/mol. The third kappa shape index (κ3) is 4.88. The second kappa shape index (κ2) is 6.77. The zero-order chi connectivity index (χ0) is 12.8. The summed E-state index contributed by atoms with van der Waals surface area (Å²) in [6, 6.07) is 2.04. The maximum Gasteiger partial charge on any atom is 0.135 e. The van der Waals surface area contributed by atoms with E-state index in [4.69, 9.17) is 16.3 Å². The van der Waals surface area contributed by atoms with E-state index < -0.39 is 0 Å². The van der Waals surface area contributed by atoms with E-state index in [0.29, 0.717) is 11.2 Å². The van der Waals surface area contributed by atoms with Crippen LogP contribution in [0, 0.1) is 0 Å². The van der Waals surface area contributed by atoms with Crippen molar-refractivity contribution < 1.29 is 4.74 Å². The number of hydrogen-bond acceptors (Lipinski definition) is 4. The number of halogens is 1. The van der Waals surface area contributed by atoms with Gasteiger partial charge in [-0.3, -0.25) is 0 Å². The van der Waals surface area contributed by atoms with Crippen LogP contribution in [-0.2, 0) is 4.74 Å². The third-order valence-electron chi connectivity index (χ3n) is 2.38. The van der Waals surface area contributed by atoms with Gasteiger partial charge < -0.3 is 10.1 Å². The molecule has 0 aliphatic rings. The van der Waals surface area contributed by atoms with Crippen molar-refractivity contribution in [2.45, 2.75) is 39.2 Å². The van der Waals surface area contributed by atoms with Gasteiger partial charge in [0.2, 0.25) is 0 Å². The Hall–Kier alpha value is -0.870. The summed E-state index contributed by atoms with van der Waals surface area (Å²) in [5, 5.41) is 3.77. The van der Waals surface area contributed by atoms with Crippen molar-refractivity contribution in [3.63, 3.8) is 0 Å². The minimum absolute atomic E-state index is 0.267. The van der Waals surface area contributed by atoms with Gasteiger partial charge in [-0.2, -0.15) is 0 Å². The summed E-state index contributed by atoms with van der Waals surface area (Å²) in [6.07, 6.45) is 0.926. The van der Waals surface area contributed by atoms with Gasteiger partial charge in [0.05, 0.1) is 0 Å². The Morgan fingerprint density at radius 2 is 2.06 bits per heavy atom. The fourth-order valence-electron chi connectivity index (χ4n) is 1.39. The zero-order valence-corrected chi connectivity index (χ0v) is 11.6. The maximum absolute atomic E-state index is 5.97. The first-order valence-corrected chi connectivity index (χ1v) is 6.20. The highest BCUT2D eigenvalue weighted by molar-refractivity contribution is 6.29. The number of methoxy groups -OCH3 is 1. The van der Waals surface area contributed by atoms with Gasteiger partial charge in [0.25, 0.3) is 0 Å². The van der Waals surface area contributed by atoms with Crippen LogP contribution in [0.25, 0.3) is 0 Å². The molecule has 0 aliphatic heterocycles. The SMILES string of the molecule is COCCC(C)Nc1cc(Cl)nc(C(C)C)n1. The molecule has 1 aromatic heterocycles. The van der Waals surface area contributed by atoms with Crippen LogP contribution in [-0.4, -0.2) is 29.7 Å². The first kappa shape index (κ1) is 14.2. The zero-order valence-electron chi connectivity index (χ0n) is 10.8. The highest BCUT2D eigenvalue weighted by Crippen LogP contribution is 2.17. The number of hydrogen-bond donors (Lipinski definition) is 1. The summed E-state index contributed by atoms with van der Waals surface area (Å²) in [6.45, 7) is 6.90. The fraction of sp³-hybridized carbons (Fsp3) is 0.667. The smallest absolute Gasteiger partial charge is 0.135 e. The lowest BCUT2D eigenvalue weighted by Gasteiger charge is -2.15. The summed E-state index contributed by atoms with van der Waals surface area (Å²) >= 11 is 5.97. The monoisotopic (exact) mass is 257 g/mol. The van der Waals surface area contributed by atoms with Gasteiger partial charge in [0.1, 0.15) is 16.8 Å². The molecule has 4 nitrogen and oxygen atoms in total. The van der Waals surface area contributed by atoms with Gasteiger partial charge in [0.15, 0.2) is 0 Å². The van der Waals surface area contributed by atoms with Crippen molar-refractivity contribution in [3.05, 3.63) is 17.0 Å². The molecule has 1 rings (SSSR count). The molecule has 1 aromatic rings. The number of aromatic nitrogens is 2. The van der Waals surface area contributed by atoms with Crippen LogP contribution in [0.3, 0.4) is 0 Å². The van der Waals surface area contributed by atoms with Crippen molar-refractivity contribution in [2.24, 2.45) is 0 Å². The largest absolute Gasteiger partial charge is 0.385 e. The van der Waals surface area contributed by atoms with Gasteiger partial charge in [-0.25, -0.2) is 9.97 Å². The quantitative estimate of drug-likeness (QED) is 0.796. The molecule has 0 aliphatic carbocycles. The lowest BCUT2D eigenvalue weighted by atomic mass is 10.2. The van der Waals surface area contributed by atoms with Crippen LogP contribution < -0.4 is 5.32 Å². The number of nitrogens with one attached hydrogen (secondary N) is 1. The van der Waals surface area contributed by atoms with Crippen molar-refractivity contribution in [3.8, 4) is 0 Å². The van der Waals surface area contributed by atoms with Crippen LogP contribution in [0.1, 0.15) is 38.9 Å². The molecule has 1 atom stereocenters. The van der Waals surface area contributed by atoms with E-state index in [1.54, 1.807) is 13.2 Å². The number of nitrogens with zero attached hydrogens (tertiary/aromatic N) is 2. The Bertz CT molecular complexity index is 358. The highest BCUT2D eigenvalue weighted by Gasteiger charge is 2.09. The minimum atomic E-state index is 0.267. The van der Waals surface area contributed by atoms with Gasteiger partial charge in [-0.05, 0) is 13.3 Å². The first-order chi connectivity index (χ1) is 8.02. The lowest BCUT2D eigenvalue weighted by molar-refractivity contribution is 0.191. The van der Waals surface area contributed by atoms with Gasteiger partial charge in [-0.1, -0.05) is 25.4 Å². The predicted octanol–water partition coefficient (Wildman–Crippen LogP) is 3.09. The molecule has 1 heterocycles. The highest BCUT2D eigenvalue weighted by atomic mass is 35.5. The number of rotatable bonds is 6. The minimum Gasteiger partial charge on any atom is -0.385 e. The van der Waals surface area contributed by atoms with Crippen LogP contribution in [0.5, 0.6) is 0 Å². The second-order valence-electron chi connectivity index (χ2n) is 4.42. The molecule has 17 heavy (non-hydrogen) atoms. The van der Waals surface area contributed by atoms with E-state index in [0.717, 1.165) is 24.7 Å². The van der Waals surface area contributed by atoms with Crippen molar-refractivity contribution in [1.82, 2.24) is 9.97 Å². The Morgan fingerprint density at radius 3 is 2.65 bits per heavy atom. The van der Waals surface area contributed by atoms with Crippen molar-refractivity contribution in [2.75, 3.05) is 19.0 Å². The van der Waals surface area contributed by atoms with Crippen molar-refractivity contribution >= 4 is 17.4 Å². The van der Waals surface area contributed by atoms with Crippen molar-refractivity contribution in [1.29, 1.82) is 0 Å². The summed E-state index contributed by atoms with van der Waals surface area (Å²) in [4.78, 5) is 8.63. The van der Waals surface area contributed by atoms with Crippen LogP contribution >= 0.6 is 11.6 Å². The summed E-state index contributed by atoms with van der Waals surface area (Å²) < 4.78 is 5.04. The fourth-order valence-corrected chi connectivity index (χ4v) is 1.58. The van der Waals surface area contributed by atoms with E-state index in [1.807, 2.05) is 13.8 Å². The molecule has 0 fully saturated rings. The summed E-state index contributed by atoms with van der Waals surface area (Å²) in [5.41, 5.74) is 0. The van der Waals surface area contributed by atoms with Gasteiger partial charge in [0, 0.05) is 31.7 Å². The Labute approximate surface area is 108 Å². The third-order valence-corrected chi connectivity index (χ3v) is 2.57. The molecule has 5 heteroatoms. The molecule has 0 amide bonds. The molecule has 96 valence electrons. The number of ether oxygens (including phenoxy) is 1. The molecule has 0 bridgehead atoms. The average Bonchev–Trinajstić information content (AvgIpc) is 2.25. The van der Waals surface area contributed by atoms with E-state index in [1.165, 1.54) is 0 Å². The predicted molar refractivity (Wildman–Crippen MR) is 70.7 cm³/mol. The Balaban J connectivity index is 2.70. The van der Waals surface area contributed by atoms with E-state index in [-0.39, 0.29) is 5.92 Å². The standard InChI is InChI=1S/C12H20ClN3O/c1-8(2)12-15-10(13)7-11(16-12)14-9(3)5-6-17-4/h7-9H,5-6H2,1-4H3,(H,14,15,16). The van der Waals surface area contributed by atoms with E-state index in [9.17, 15) is 0 Å². The molecule has 0 spiro atoms. The molecule has 1 N–H and O–H groups in total. The van der Waals surface area contributed by atoms with E-state index in [2.05, 4.69) is 22.2 Å². The van der Waals surface area contributed by atoms with Crippen LogP contribution in [0.15, 0.2) is 6.07 Å². The van der Waals surface area contributed by atoms with Gasteiger partial charge >= 0.3 is 0 Å². The normalized spacial score (nSPS) is 12.8. The van der Waals surface area contributed by atoms with Gasteiger partial charge in [-0.15, -0.1) is 0 Å². The molecule has 0 saturated carbocycles. The Kier molecular flexibility index (Phi) is 5.65. The first-order valence-electron chi connectivity index (χ1n) is 5.83. The topological polar surface area (TPSA) is 47.0 Å². The number of anilines is 1. The van der Waals surface area contributed by atoms with E-state index >= 15 is 0 Å². The summed E-state index contributed by atoms with van der Waals surface area (Å²) in [5.74, 6) is 1.81. The Morgan fingerprint density at radius 1 is 1.35 bits per heavy atom. The molecule has 1 unspecified atom stereocenters. The molecular formula is C12H20ClN3O. The lowest BCUT2D eigenvalue weighted by Crippen LogP contribution is -2.18.